The Kier molecular flexibility index (Phi) is 3.16. The Hall–Kier alpha value is -0.260. The van der Waals surface area contributed by atoms with Crippen molar-refractivity contribution in [2.24, 2.45) is 17.8 Å². The molecule has 2 atom stereocenters. The molecule has 0 amide bonds. The molecule has 0 saturated carbocycles. The third-order valence-electron chi connectivity index (χ3n) is 2.93. The first kappa shape index (κ1) is 8.83. The highest BCUT2D eigenvalue weighted by molar-refractivity contribution is 4.97. The summed E-state index contributed by atoms with van der Waals surface area (Å²) >= 11 is 0. The van der Waals surface area contributed by atoms with Crippen molar-refractivity contribution in [2.45, 2.75) is 40.0 Å². The smallest absolute Gasteiger partial charge is 0.0205 e. The predicted octanol–water partition coefficient (Wildman–Crippen LogP) is 3.63. The molecular weight excluding hydrogens is 132 g/mol. The summed E-state index contributed by atoms with van der Waals surface area (Å²) in [5, 5.41) is 0. The molecule has 0 nitrogen and oxygen atoms in total. The van der Waals surface area contributed by atoms with Gasteiger partial charge in [0.25, 0.3) is 0 Å². The van der Waals surface area contributed by atoms with Crippen LogP contribution in [0.2, 0.25) is 0 Å². The van der Waals surface area contributed by atoms with Gasteiger partial charge in [0.05, 0.1) is 0 Å². The molecule has 0 bridgehead atoms. The van der Waals surface area contributed by atoms with Crippen molar-refractivity contribution in [1.29, 1.82) is 0 Å². The van der Waals surface area contributed by atoms with Crippen LogP contribution >= 0.6 is 0 Å². The van der Waals surface area contributed by atoms with E-state index in [1.165, 1.54) is 19.3 Å². The molecule has 11 heavy (non-hydrogen) atoms. The van der Waals surface area contributed by atoms with Crippen LogP contribution in [0.5, 0.6) is 0 Å². The highest BCUT2D eigenvalue weighted by Crippen LogP contribution is 2.32. The second-order valence-corrected chi connectivity index (χ2v) is 3.99. The molecule has 0 fully saturated rings. The van der Waals surface area contributed by atoms with E-state index in [1.54, 1.807) is 0 Å². The van der Waals surface area contributed by atoms with Crippen LogP contribution in [0.4, 0.5) is 0 Å². The van der Waals surface area contributed by atoms with Crippen LogP contribution in [0.25, 0.3) is 0 Å². The Bertz CT molecular complexity index is 133. The molecule has 0 heterocycles. The molecule has 64 valence electrons. The van der Waals surface area contributed by atoms with Crippen molar-refractivity contribution in [2.75, 3.05) is 0 Å². The minimum atomic E-state index is 0.865. The van der Waals surface area contributed by atoms with Gasteiger partial charge in [-0.15, -0.1) is 0 Å². The molecule has 1 rings (SSSR count). The van der Waals surface area contributed by atoms with Gasteiger partial charge in [-0.3, -0.25) is 0 Å². The molecular formula is C11H20. The first-order chi connectivity index (χ1) is 5.25. The minimum absolute atomic E-state index is 0.865. The molecule has 0 aromatic carbocycles. The third-order valence-corrected chi connectivity index (χ3v) is 2.93. The molecule has 0 N–H and O–H groups in total. The van der Waals surface area contributed by atoms with Gasteiger partial charge >= 0.3 is 0 Å². The van der Waals surface area contributed by atoms with Gasteiger partial charge in [-0.2, -0.15) is 0 Å². The molecule has 1 aliphatic rings. The van der Waals surface area contributed by atoms with E-state index in [2.05, 4.69) is 32.9 Å². The summed E-state index contributed by atoms with van der Waals surface area (Å²) in [7, 11) is 0. The molecule has 2 unspecified atom stereocenters. The van der Waals surface area contributed by atoms with Crippen LogP contribution in [0.1, 0.15) is 40.0 Å². The number of rotatable bonds is 2. The Labute approximate surface area is 70.7 Å². The first-order valence-corrected chi connectivity index (χ1v) is 4.92. The molecule has 0 saturated heterocycles. The van der Waals surface area contributed by atoms with Gasteiger partial charge in [-0.1, -0.05) is 32.9 Å². The van der Waals surface area contributed by atoms with E-state index >= 15 is 0 Å². The average molecular weight is 152 g/mol. The maximum Gasteiger partial charge on any atom is -0.0205 e. The van der Waals surface area contributed by atoms with Crippen LogP contribution in [0, 0.1) is 17.8 Å². The standard InChI is InChI=1S/C11H20/c1-4-10-7-5-6-8-11(10)9(2)3/h5,7,9-11H,4,6,8H2,1-3H3. The lowest BCUT2D eigenvalue weighted by molar-refractivity contribution is 0.262. The SMILES string of the molecule is CCC1C=CCCC1C(C)C. The van der Waals surface area contributed by atoms with Crippen molar-refractivity contribution < 1.29 is 0 Å². The average Bonchev–Trinajstić information content (AvgIpc) is 2.04. The monoisotopic (exact) mass is 152 g/mol. The van der Waals surface area contributed by atoms with Crippen molar-refractivity contribution in [3.63, 3.8) is 0 Å². The van der Waals surface area contributed by atoms with E-state index in [1.807, 2.05) is 0 Å². The van der Waals surface area contributed by atoms with Gasteiger partial charge in [0, 0.05) is 0 Å². The minimum Gasteiger partial charge on any atom is -0.0882 e. The lowest BCUT2D eigenvalue weighted by atomic mass is 9.76. The van der Waals surface area contributed by atoms with E-state index in [9.17, 15) is 0 Å². The lowest BCUT2D eigenvalue weighted by Gasteiger charge is -2.29. The number of allylic oxidation sites excluding steroid dienone is 2. The normalized spacial score (nSPS) is 31.3. The molecule has 0 radical (unpaired) electrons. The van der Waals surface area contributed by atoms with Gasteiger partial charge in [0.15, 0.2) is 0 Å². The molecule has 0 aromatic heterocycles. The van der Waals surface area contributed by atoms with Crippen LogP contribution in [-0.2, 0) is 0 Å². The molecule has 0 spiro atoms. The van der Waals surface area contributed by atoms with E-state index < -0.39 is 0 Å². The highest BCUT2D eigenvalue weighted by Gasteiger charge is 2.22. The molecule has 0 heteroatoms. The van der Waals surface area contributed by atoms with Crippen molar-refractivity contribution in [3.05, 3.63) is 12.2 Å². The Morgan fingerprint density at radius 1 is 1.45 bits per heavy atom. The Balaban J connectivity index is 2.56. The topological polar surface area (TPSA) is 0 Å². The van der Waals surface area contributed by atoms with Crippen molar-refractivity contribution >= 4 is 0 Å². The fourth-order valence-corrected chi connectivity index (χ4v) is 2.18. The Morgan fingerprint density at radius 2 is 2.18 bits per heavy atom. The zero-order valence-electron chi connectivity index (χ0n) is 8.01. The van der Waals surface area contributed by atoms with Gasteiger partial charge in [-0.05, 0) is 37.0 Å². The summed E-state index contributed by atoms with van der Waals surface area (Å²) in [6, 6.07) is 0. The fourth-order valence-electron chi connectivity index (χ4n) is 2.18. The fraction of sp³-hybridized carbons (Fsp3) is 0.818. The highest BCUT2D eigenvalue weighted by atomic mass is 14.3. The first-order valence-electron chi connectivity index (χ1n) is 4.92. The van der Waals surface area contributed by atoms with Gasteiger partial charge < -0.3 is 0 Å². The summed E-state index contributed by atoms with van der Waals surface area (Å²) in [6.45, 7) is 7.01. The summed E-state index contributed by atoms with van der Waals surface area (Å²) in [6.07, 6.45) is 8.81. The quantitative estimate of drug-likeness (QED) is 0.530. The largest absolute Gasteiger partial charge is 0.0882 e. The summed E-state index contributed by atoms with van der Waals surface area (Å²) < 4.78 is 0. The van der Waals surface area contributed by atoms with Crippen LogP contribution in [0.15, 0.2) is 12.2 Å². The van der Waals surface area contributed by atoms with Crippen LogP contribution < -0.4 is 0 Å². The van der Waals surface area contributed by atoms with Gasteiger partial charge in [0.1, 0.15) is 0 Å². The maximum atomic E-state index is 2.42. The molecule has 0 aromatic rings. The number of hydrogen-bond acceptors (Lipinski definition) is 0. The summed E-state index contributed by atoms with van der Waals surface area (Å²) in [5.41, 5.74) is 0. The second-order valence-electron chi connectivity index (χ2n) is 3.99. The maximum absolute atomic E-state index is 2.42. The van der Waals surface area contributed by atoms with E-state index in [4.69, 9.17) is 0 Å². The van der Waals surface area contributed by atoms with E-state index in [-0.39, 0.29) is 0 Å². The van der Waals surface area contributed by atoms with E-state index in [0.717, 1.165) is 17.8 Å². The Morgan fingerprint density at radius 3 is 2.64 bits per heavy atom. The number of hydrogen-bond donors (Lipinski definition) is 0. The predicted molar refractivity (Wildman–Crippen MR) is 50.5 cm³/mol. The second kappa shape index (κ2) is 3.94. The summed E-state index contributed by atoms with van der Waals surface area (Å²) in [5.74, 6) is 2.68. The third kappa shape index (κ3) is 2.08. The summed E-state index contributed by atoms with van der Waals surface area (Å²) in [4.78, 5) is 0. The van der Waals surface area contributed by atoms with Crippen molar-refractivity contribution in [3.8, 4) is 0 Å². The molecule has 0 aliphatic heterocycles. The zero-order valence-corrected chi connectivity index (χ0v) is 8.01. The van der Waals surface area contributed by atoms with E-state index in [0.29, 0.717) is 0 Å². The molecule has 1 aliphatic carbocycles. The van der Waals surface area contributed by atoms with Crippen LogP contribution in [-0.4, -0.2) is 0 Å². The van der Waals surface area contributed by atoms with Crippen LogP contribution in [0.3, 0.4) is 0 Å². The van der Waals surface area contributed by atoms with Crippen molar-refractivity contribution in [1.82, 2.24) is 0 Å². The van der Waals surface area contributed by atoms with Gasteiger partial charge in [-0.25, -0.2) is 0 Å². The lowest BCUT2D eigenvalue weighted by Crippen LogP contribution is -2.20. The zero-order chi connectivity index (χ0) is 8.27. The van der Waals surface area contributed by atoms with Gasteiger partial charge in [0.2, 0.25) is 0 Å².